The number of rotatable bonds is 3. The molecular formula is C18H18N4O3S. The Hall–Kier alpha value is -2.74. The smallest absolute Gasteiger partial charge is 0.251 e. The lowest BCUT2D eigenvalue weighted by molar-refractivity contribution is 0.0915. The van der Waals surface area contributed by atoms with Crippen molar-refractivity contribution in [1.29, 1.82) is 0 Å². The minimum absolute atomic E-state index is 0.0275. The molecule has 1 N–H and O–H groups in total. The van der Waals surface area contributed by atoms with Gasteiger partial charge in [0.25, 0.3) is 5.91 Å². The van der Waals surface area contributed by atoms with E-state index >= 15 is 0 Å². The van der Waals surface area contributed by atoms with E-state index in [-0.39, 0.29) is 17.4 Å². The highest BCUT2D eigenvalue weighted by molar-refractivity contribution is 7.91. The van der Waals surface area contributed by atoms with E-state index in [9.17, 15) is 13.2 Å². The highest BCUT2D eigenvalue weighted by atomic mass is 32.2. The summed E-state index contributed by atoms with van der Waals surface area (Å²) in [5.74, 6) is 0.431. The molecule has 1 atom stereocenters. The molecule has 8 heteroatoms. The average Bonchev–Trinajstić information content (AvgIpc) is 3.15. The summed E-state index contributed by atoms with van der Waals surface area (Å²) in [5, 5.41) is 11.2. The van der Waals surface area contributed by atoms with E-state index in [4.69, 9.17) is 0 Å². The number of aromatic nitrogens is 3. The van der Waals surface area contributed by atoms with Gasteiger partial charge in [-0.2, -0.15) is 0 Å². The molecule has 1 fully saturated rings. The number of carbonyl (C=O) groups is 1. The molecule has 3 aromatic rings. The molecule has 1 aliphatic rings. The van der Waals surface area contributed by atoms with Gasteiger partial charge in [0.05, 0.1) is 17.0 Å². The summed E-state index contributed by atoms with van der Waals surface area (Å²) in [7, 11) is -3.09. The summed E-state index contributed by atoms with van der Waals surface area (Å²) < 4.78 is 25.3. The number of sulfone groups is 1. The van der Waals surface area contributed by atoms with Gasteiger partial charge >= 0.3 is 0 Å². The van der Waals surface area contributed by atoms with Crippen molar-refractivity contribution < 1.29 is 13.2 Å². The Kier molecular flexibility index (Phi) is 3.80. The van der Waals surface area contributed by atoms with Gasteiger partial charge < -0.3 is 5.32 Å². The highest BCUT2D eigenvalue weighted by Crippen LogP contribution is 2.24. The van der Waals surface area contributed by atoms with Crippen LogP contribution >= 0.6 is 0 Å². The second-order valence-corrected chi connectivity index (χ2v) is 9.07. The van der Waals surface area contributed by atoms with E-state index < -0.39 is 15.4 Å². The number of nitrogens with one attached hydrogen (secondary N) is 1. The van der Waals surface area contributed by atoms with E-state index in [2.05, 4.69) is 15.5 Å². The first-order valence-corrected chi connectivity index (χ1v) is 10.1. The van der Waals surface area contributed by atoms with Crippen LogP contribution in [0, 0.1) is 0 Å². The Labute approximate surface area is 151 Å². The lowest BCUT2D eigenvalue weighted by atomic mass is 10.0. The van der Waals surface area contributed by atoms with E-state index in [0.29, 0.717) is 17.8 Å². The molecule has 0 saturated carbocycles. The predicted molar refractivity (Wildman–Crippen MR) is 97.6 cm³/mol. The Morgan fingerprint density at radius 3 is 2.81 bits per heavy atom. The first-order valence-electron chi connectivity index (χ1n) is 8.28. The van der Waals surface area contributed by atoms with Gasteiger partial charge in [-0.05, 0) is 37.6 Å². The van der Waals surface area contributed by atoms with Crippen LogP contribution in [-0.2, 0) is 9.84 Å². The fourth-order valence-electron chi connectivity index (χ4n) is 3.29. The van der Waals surface area contributed by atoms with Crippen LogP contribution in [0.1, 0.15) is 23.7 Å². The van der Waals surface area contributed by atoms with Gasteiger partial charge in [0, 0.05) is 17.3 Å². The van der Waals surface area contributed by atoms with Gasteiger partial charge in [-0.1, -0.05) is 18.2 Å². The van der Waals surface area contributed by atoms with Crippen molar-refractivity contribution >= 4 is 21.4 Å². The fraction of sp³-hybridized carbons (Fsp3) is 0.278. The van der Waals surface area contributed by atoms with Gasteiger partial charge in [-0.25, -0.2) is 8.42 Å². The molecule has 1 saturated heterocycles. The third-order valence-corrected chi connectivity index (χ3v) is 6.52. The monoisotopic (exact) mass is 370 g/mol. The number of benzene rings is 1. The van der Waals surface area contributed by atoms with E-state index in [0.717, 1.165) is 11.2 Å². The van der Waals surface area contributed by atoms with E-state index in [1.165, 1.54) is 0 Å². The first-order chi connectivity index (χ1) is 12.4. The Morgan fingerprint density at radius 1 is 1.19 bits per heavy atom. The molecule has 0 radical (unpaired) electrons. The van der Waals surface area contributed by atoms with Crippen molar-refractivity contribution in [3.63, 3.8) is 0 Å². The normalized spacial score (nSPS) is 21.7. The molecular weight excluding hydrogens is 352 g/mol. The molecule has 3 heterocycles. The van der Waals surface area contributed by atoms with Crippen molar-refractivity contribution in [2.75, 3.05) is 11.5 Å². The summed E-state index contributed by atoms with van der Waals surface area (Å²) in [4.78, 5) is 12.7. The van der Waals surface area contributed by atoms with Crippen LogP contribution in [0.25, 0.3) is 17.0 Å². The topological polar surface area (TPSA) is 93.4 Å². The minimum Gasteiger partial charge on any atom is -0.346 e. The van der Waals surface area contributed by atoms with Crippen molar-refractivity contribution in [1.82, 2.24) is 19.9 Å². The molecule has 1 amide bonds. The standard InChI is InChI=1S/C18H18N4O3S/c1-18(8-10-26(24,25)12-18)19-17(23)14-6-4-5-13(11-14)16-21-20-15-7-2-3-9-22(15)16/h2-7,9,11H,8,10,12H2,1H3,(H,19,23)/t18-/m0/s1. The SMILES string of the molecule is C[C@]1(NC(=O)c2cccc(-c3nnc4ccccn34)c2)CCS(=O)(=O)C1. The maximum atomic E-state index is 12.7. The van der Waals surface area contributed by atoms with Gasteiger partial charge in [0.15, 0.2) is 21.3 Å². The van der Waals surface area contributed by atoms with Gasteiger partial charge in [-0.3, -0.25) is 9.20 Å². The zero-order valence-electron chi connectivity index (χ0n) is 14.2. The largest absolute Gasteiger partial charge is 0.346 e. The van der Waals surface area contributed by atoms with Crippen LogP contribution in [0.15, 0.2) is 48.7 Å². The zero-order chi connectivity index (χ0) is 18.4. The molecule has 134 valence electrons. The van der Waals surface area contributed by atoms with Crippen LogP contribution in [0.5, 0.6) is 0 Å². The molecule has 1 aliphatic heterocycles. The van der Waals surface area contributed by atoms with Crippen molar-refractivity contribution in [3.8, 4) is 11.4 Å². The molecule has 0 spiro atoms. The first kappa shape index (κ1) is 16.7. The number of pyridine rings is 1. The second-order valence-electron chi connectivity index (χ2n) is 6.89. The number of nitrogens with zero attached hydrogens (tertiary/aromatic N) is 3. The van der Waals surface area contributed by atoms with Crippen LogP contribution in [-0.4, -0.2) is 46.0 Å². The molecule has 0 unspecified atom stereocenters. The third-order valence-electron chi connectivity index (χ3n) is 4.62. The Bertz CT molecular complexity index is 1110. The van der Waals surface area contributed by atoms with E-state index in [1.807, 2.05) is 34.9 Å². The van der Waals surface area contributed by atoms with Crippen LogP contribution in [0.3, 0.4) is 0 Å². The lowest BCUT2D eigenvalue weighted by Gasteiger charge is -2.24. The summed E-state index contributed by atoms with van der Waals surface area (Å²) in [5.41, 5.74) is 1.22. The summed E-state index contributed by atoms with van der Waals surface area (Å²) in [6, 6.07) is 12.7. The molecule has 0 bridgehead atoms. The van der Waals surface area contributed by atoms with Crippen LogP contribution in [0.4, 0.5) is 0 Å². The summed E-state index contributed by atoms with van der Waals surface area (Å²) in [6.07, 6.45) is 2.29. The summed E-state index contributed by atoms with van der Waals surface area (Å²) >= 11 is 0. The fourth-order valence-corrected chi connectivity index (χ4v) is 5.39. The molecule has 7 nitrogen and oxygen atoms in total. The number of hydrogen-bond acceptors (Lipinski definition) is 5. The third kappa shape index (κ3) is 3.08. The molecule has 2 aromatic heterocycles. The quantitative estimate of drug-likeness (QED) is 0.757. The molecule has 4 rings (SSSR count). The number of hydrogen-bond donors (Lipinski definition) is 1. The van der Waals surface area contributed by atoms with Crippen molar-refractivity contribution in [2.45, 2.75) is 18.9 Å². The van der Waals surface area contributed by atoms with Crippen LogP contribution in [0.2, 0.25) is 0 Å². The van der Waals surface area contributed by atoms with Crippen molar-refractivity contribution in [2.24, 2.45) is 0 Å². The highest BCUT2D eigenvalue weighted by Gasteiger charge is 2.39. The van der Waals surface area contributed by atoms with E-state index in [1.54, 1.807) is 25.1 Å². The number of amides is 1. The molecule has 0 aliphatic carbocycles. The second kappa shape index (κ2) is 5.91. The zero-order valence-corrected chi connectivity index (χ0v) is 15.0. The number of carbonyl (C=O) groups excluding carboxylic acids is 1. The summed E-state index contributed by atoms with van der Waals surface area (Å²) in [6.45, 7) is 1.77. The molecule has 26 heavy (non-hydrogen) atoms. The van der Waals surface area contributed by atoms with Crippen molar-refractivity contribution in [3.05, 3.63) is 54.2 Å². The van der Waals surface area contributed by atoms with Crippen LogP contribution < -0.4 is 5.32 Å². The average molecular weight is 370 g/mol. The minimum atomic E-state index is -3.09. The maximum absolute atomic E-state index is 12.7. The Morgan fingerprint density at radius 2 is 2.04 bits per heavy atom. The lowest BCUT2D eigenvalue weighted by Crippen LogP contribution is -2.46. The Balaban J connectivity index is 1.63. The van der Waals surface area contributed by atoms with Gasteiger partial charge in [0.2, 0.25) is 0 Å². The van der Waals surface area contributed by atoms with Gasteiger partial charge in [0.1, 0.15) is 0 Å². The molecule has 1 aromatic carbocycles. The maximum Gasteiger partial charge on any atom is 0.251 e. The number of fused-ring (bicyclic) bond motifs is 1. The van der Waals surface area contributed by atoms with Gasteiger partial charge in [-0.15, -0.1) is 10.2 Å². The predicted octanol–water partition coefficient (Wildman–Crippen LogP) is 1.70.